The molecule has 0 aliphatic heterocycles. The van der Waals surface area contributed by atoms with E-state index >= 15 is 0 Å². The van der Waals surface area contributed by atoms with E-state index in [4.69, 9.17) is 0 Å². The zero-order valence-corrected chi connectivity index (χ0v) is 7.30. The Morgan fingerprint density at radius 1 is 1.64 bits per heavy atom. The summed E-state index contributed by atoms with van der Waals surface area (Å²) in [5, 5.41) is 0. The molecule has 0 N–H and O–H groups in total. The minimum absolute atomic E-state index is 0.00824. The molecule has 2 heteroatoms. The van der Waals surface area contributed by atoms with Crippen LogP contribution in [0, 0.1) is 11.8 Å². The van der Waals surface area contributed by atoms with Gasteiger partial charge in [0.2, 0.25) is 0 Å². The van der Waals surface area contributed by atoms with Gasteiger partial charge in [0.25, 0.3) is 0 Å². The van der Waals surface area contributed by atoms with E-state index in [1.54, 1.807) is 0 Å². The normalized spacial score (nSPS) is 28.2. The molecular weight excluding hydrogens is 140 g/mol. The van der Waals surface area contributed by atoms with Crippen molar-refractivity contribution >= 4 is 5.97 Å². The number of methoxy groups -OCH3 is 1. The Hall–Kier alpha value is -0.530. The smallest absolute Gasteiger partial charge is 0.308 e. The van der Waals surface area contributed by atoms with E-state index in [0.717, 1.165) is 6.42 Å². The van der Waals surface area contributed by atoms with Crippen LogP contribution in [0.25, 0.3) is 0 Å². The summed E-state index contributed by atoms with van der Waals surface area (Å²) in [6.45, 7) is 2.18. The second-order valence-corrected chi connectivity index (χ2v) is 3.27. The monoisotopic (exact) mass is 156 g/mol. The Morgan fingerprint density at radius 3 is 2.91 bits per heavy atom. The lowest BCUT2D eigenvalue weighted by Crippen LogP contribution is -2.04. The van der Waals surface area contributed by atoms with Gasteiger partial charge in [0.15, 0.2) is 0 Å². The molecule has 0 aromatic heterocycles. The summed E-state index contributed by atoms with van der Waals surface area (Å²) in [5.41, 5.74) is 0. The molecule has 0 spiro atoms. The van der Waals surface area contributed by atoms with E-state index in [0.29, 0.717) is 5.92 Å². The Balaban J connectivity index is 2.11. The summed E-state index contributed by atoms with van der Waals surface area (Å²) in [4.78, 5) is 10.9. The predicted octanol–water partition coefficient (Wildman–Crippen LogP) is 1.99. The van der Waals surface area contributed by atoms with E-state index in [2.05, 4.69) is 11.7 Å². The number of carbonyl (C=O) groups excluding carboxylic acids is 1. The van der Waals surface area contributed by atoms with Crippen LogP contribution in [0.15, 0.2) is 0 Å². The fourth-order valence-electron chi connectivity index (χ4n) is 1.47. The highest BCUT2D eigenvalue weighted by molar-refractivity contribution is 5.75. The minimum Gasteiger partial charge on any atom is -0.469 e. The zero-order valence-electron chi connectivity index (χ0n) is 7.30. The van der Waals surface area contributed by atoms with Crippen LogP contribution >= 0.6 is 0 Å². The summed E-state index contributed by atoms with van der Waals surface area (Å²) in [6.07, 6.45) is 4.74. The van der Waals surface area contributed by atoms with Crippen LogP contribution in [0.3, 0.4) is 0 Å². The molecule has 11 heavy (non-hydrogen) atoms. The molecule has 1 aliphatic carbocycles. The Kier molecular flexibility index (Phi) is 2.92. The lowest BCUT2D eigenvalue weighted by molar-refractivity contribution is -0.142. The molecule has 0 saturated heterocycles. The average Bonchev–Trinajstić information content (AvgIpc) is 2.78. The average molecular weight is 156 g/mol. The SMILES string of the molecule is CCCC[C@@H]1C[C@H]1C(=O)OC. The van der Waals surface area contributed by atoms with Gasteiger partial charge in [-0.05, 0) is 18.8 Å². The van der Waals surface area contributed by atoms with Gasteiger partial charge in [-0.2, -0.15) is 0 Å². The molecule has 0 radical (unpaired) electrons. The van der Waals surface area contributed by atoms with E-state index in [-0.39, 0.29) is 11.9 Å². The van der Waals surface area contributed by atoms with Crippen LogP contribution in [-0.4, -0.2) is 13.1 Å². The molecule has 1 fully saturated rings. The summed E-state index contributed by atoms with van der Waals surface area (Å²) in [7, 11) is 1.47. The molecule has 0 amide bonds. The van der Waals surface area contributed by atoms with E-state index in [1.165, 1.54) is 26.4 Å². The number of unbranched alkanes of at least 4 members (excludes halogenated alkanes) is 1. The maximum Gasteiger partial charge on any atom is 0.308 e. The van der Waals surface area contributed by atoms with Crippen molar-refractivity contribution < 1.29 is 9.53 Å². The lowest BCUT2D eigenvalue weighted by atomic mass is 10.1. The standard InChI is InChI=1S/C9H16O2/c1-3-4-5-7-6-8(7)9(10)11-2/h7-8H,3-6H2,1-2H3/t7-,8-/m1/s1. The third-order valence-corrected chi connectivity index (χ3v) is 2.35. The molecule has 0 heterocycles. The molecule has 1 saturated carbocycles. The molecule has 1 aliphatic rings. The summed E-state index contributed by atoms with van der Waals surface area (Å²) >= 11 is 0. The number of ether oxygens (including phenoxy) is 1. The van der Waals surface area contributed by atoms with Crippen LogP contribution in [0.4, 0.5) is 0 Å². The topological polar surface area (TPSA) is 26.3 Å². The Bertz CT molecular complexity index is 142. The van der Waals surface area contributed by atoms with Crippen LogP contribution in [-0.2, 0) is 9.53 Å². The van der Waals surface area contributed by atoms with Gasteiger partial charge in [-0.1, -0.05) is 19.8 Å². The Labute approximate surface area is 67.9 Å². The van der Waals surface area contributed by atoms with Crippen LogP contribution in [0.5, 0.6) is 0 Å². The highest BCUT2D eigenvalue weighted by Crippen LogP contribution is 2.42. The number of esters is 1. The van der Waals surface area contributed by atoms with E-state index in [9.17, 15) is 4.79 Å². The number of hydrogen-bond donors (Lipinski definition) is 0. The van der Waals surface area contributed by atoms with Gasteiger partial charge in [-0.25, -0.2) is 0 Å². The fraction of sp³-hybridized carbons (Fsp3) is 0.889. The first-order valence-corrected chi connectivity index (χ1v) is 4.37. The summed E-state index contributed by atoms with van der Waals surface area (Å²) < 4.78 is 4.65. The van der Waals surface area contributed by atoms with Gasteiger partial charge in [0, 0.05) is 0 Å². The molecule has 0 aromatic rings. The maximum atomic E-state index is 10.9. The maximum absolute atomic E-state index is 10.9. The van der Waals surface area contributed by atoms with Gasteiger partial charge < -0.3 is 4.74 Å². The molecule has 2 nitrogen and oxygen atoms in total. The fourth-order valence-corrected chi connectivity index (χ4v) is 1.47. The van der Waals surface area contributed by atoms with Crippen molar-refractivity contribution in [3.05, 3.63) is 0 Å². The molecular formula is C9H16O2. The molecule has 0 bridgehead atoms. The zero-order chi connectivity index (χ0) is 8.27. The van der Waals surface area contributed by atoms with Crippen molar-refractivity contribution in [2.75, 3.05) is 7.11 Å². The first-order chi connectivity index (χ1) is 5.29. The number of carbonyl (C=O) groups is 1. The van der Waals surface area contributed by atoms with Crippen LogP contribution < -0.4 is 0 Å². The molecule has 1 rings (SSSR count). The van der Waals surface area contributed by atoms with Gasteiger partial charge in [0.1, 0.15) is 0 Å². The second-order valence-electron chi connectivity index (χ2n) is 3.27. The van der Waals surface area contributed by atoms with Crippen molar-refractivity contribution in [2.45, 2.75) is 32.6 Å². The summed E-state index contributed by atoms with van der Waals surface area (Å²) in [6, 6.07) is 0. The first kappa shape index (κ1) is 8.57. The van der Waals surface area contributed by atoms with Crippen molar-refractivity contribution in [1.82, 2.24) is 0 Å². The van der Waals surface area contributed by atoms with Gasteiger partial charge in [0.05, 0.1) is 13.0 Å². The van der Waals surface area contributed by atoms with Gasteiger partial charge >= 0.3 is 5.97 Å². The highest BCUT2D eigenvalue weighted by Gasteiger charge is 2.42. The third-order valence-electron chi connectivity index (χ3n) is 2.35. The summed E-state index contributed by atoms with van der Waals surface area (Å²) in [5.74, 6) is 0.875. The largest absolute Gasteiger partial charge is 0.469 e. The quantitative estimate of drug-likeness (QED) is 0.582. The molecule has 0 unspecified atom stereocenters. The Morgan fingerprint density at radius 2 is 2.36 bits per heavy atom. The van der Waals surface area contributed by atoms with Crippen LogP contribution in [0.2, 0.25) is 0 Å². The lowest BCUT2D eigenvalue weighted by Gasteiger charge is -1.96. The third kappa shape index (κ3) is 2.21. The molecule has 64 valence electrons. The van der Waals surface area contributed by atoms with E-state index < -0.39 is 0 Å². The van der Waals surface area contributed by atoms with Crippen molar-refractivity contribution in [3.63, 3.8) is 0 Å². The molecule has 0 aromatic carbocycles. The van der Waals surface area contributed by atoms with E-state index in [1.807, 2.05) is 0 Å². The predicted molar refractivity (Wildman–Crippen MR) is 43.1 cm³/mol. The number of hydrogen-bond acceptors (Lipinski definition) is 2. The first-order valence-electron chi connectivity index (χ1n) is 4.37. The highest BCUT2D eigenvalue weighted by atomic mass is 16.5. The van der Waals surface area contributed by atoms with Gasteiger partial charge in [-0.3, -0.25) is 4.79 Å². The van der Waals surface area contributed by atoms with Gasteiger partial charge in [-0.15, -0.1) is 0 Å². The number of rotatable bonds is 4. The van der Waals surface area contributed by atoms with Crippen molar-refractivity contribution in [1.29, 1.82) is 0 Å². The second kappa shape index (κ2) is 3.74. The molecule has 2 atom stereocenters. The van der Waals surface area contributed by atoms with Crippen LogP contribution in [0.1, 0.15) is 32.6 Å². The minimum atomic E-state index is -0.00824. The van der Waals surface area contributed by atoms with Crippen molar-refractivity contribution in [2.24, 2.45) is 11.8 Å². The van der Waals surface area contributed by atoms with Crippen molar-refractivity contribution in [3.8, 4) is 0 Å².